The van der Waals surface area contributed by atoms with Crippen LogP contribution in [0.1, 0.15) is 32.1 Å². The quantitative estimate of drug-likeness (QED) is 0.242. The summed E-state index contributed by atoms with van der Waals surface area (Å²) in [5.41, 5.74) is 0.593. The fourth-order valence-electron chi connectivity index (χ4n) is 3.44. The molecule has 0 bridgehead atoms. The number of anilines is 2. The molecule has 0 unspecified atom stereocenters. The monoisotopic (exact) mass is 514 g/mol. The fraction of sp³-hybridized carbons (Fsp3) is 0.120. The molecule has 0 aliphatic rings. The summed E-state index contributed by atoms with van der Waals surface area (Å²) in [6.07, 6.45) is -2.05. The van der Waals surface area contributed by atoms with Crippen LogP contribution in [0.4, 0.5) is 24.5 Å². The SMILES string of the molecule is COC(=O)c1cc(C(=O)c2ccc(N(C)c3ccc(Cl)cc3)cn2)ccc1-n1ccc(C(F)(F)F)n1. The Labute approximate surface area is 208 Å². The highest BCUT2D eigenvalue weighted by Gasteiger charge is 2.34. The Balaban J connectivity index is 1.63. The lowest BCUT2D eigenvalue weighted by atomic mass is 10.0. The number of hydrogen-bond acceptors (Lipinski definition) is 6. The van der Waals surface area contributed by atoms with Gasteiger partial charge in [-0.25, -0.2) is 9.48 Å². The van der Waals surface area contributed by atoms with Gasteiger partial charge in [-0.05, 0) is 60.7 Å². The second-order valence-electron chi connectivity index (χ2n) is 7.63. The molecular weight excluding hydrogens is 497 g/mol. The van der Waals surface area contributed by atoms with E-state index in [9.17, 15) is 22.8 Å². The molecular formula is C25H18ClF3N4O3. The number of pyridine rings is 1. The van der Waals surface area contributed by atoms with Crippen molar-refractivity contribution < 1.29 is 27.5 Å². The van der Waals surface area contributed by atoms with E-state index in [-0.39, 0.29) is 22.5 Å². The summed E-state index contributed by atoms with van der Waals surface area (Å²) in [6, 6.07) is 15.2. The molecule has 0 fully saturated rings. The minimum atomic E-state index is -4.65. The van der Waals surface area contributed by atoms with Gasteiger partial charge in [0.25, 0.3) is 0 Å². The Morgan fingerprint density at radius 1 is 1.00 bits per heavy atom. The maximum atomic E-state index is 13.1. The van der Waals surface area contributed by atoms with Crippen LogP contribution in [-0.2, 0) is 10.9 Å². The van der Waals surface area contributed by atoms with Crippen LogP contribution in [0.3, 0.4) is 0 Å². The number of alkyl halides is 3. The molecule has 2 aromatic carbocycles. The Kier molecular flexibility index (Phi) is 6.80. The number of methoxy groups -OCH3 is 1. The fourth-order valence-corrected chi connectivity index (χ4v) is 3.57. The van der Waals surface area contributed by atoms with Crippen LogP contribution in [0.25, 0.3) is 5.69 Å². The standard InChI is InChI=1S/C25H18ClF3N4O3/c1-32(17-6-4-16(26)5-7-17)18-8-9-20(30-14-18)23(34)15-3-10-21(19(13-15)24(35)36-2)33-12-11-22(31-33)25(27,28)29/h3-14H,1-2H3. The molecule has 7 nitrogen and oxygen atoms in total. The minimum Gasteiger partial charge on any atom is -0.465 e. The minimum absolute atomic E-state index is 0.0294. The zero-order valence-electron chi connectivity index (χ0n) is 19.0. The van der Waals surface area contributed by atoms with Gasteiger partial charge in [-0.2, -0.15) is 18.3 Å². The summed E-state index contributed by atoms with van der Waals surface area (Å²) in [6.45, 7) is 0. The molecule has 11 heteroatoms. The van der Waals surface area contributed by atoms with Crippen LogP contribution < -0.4 is 4.90 Å². The van der Waals surface area contributed by atoms with Gasteiger partial charge in [-0.3, -0.25) is 9.78 Å². The van der Waals surface area contributed by atoms with Crippen molar-refractivity contribution in [2.45, 2.75) is 6.18 Å². The number of benzene rings is 2. The lowest BCUT2D eigenvalue weighted by Gasteiger charge is -2.19. The Morgan fingerprint density at radius 3 is 2.28 bits per heavy atom. The van der Waals surface area contributed by atoms with Crippen molar-refractivity contribution in [1.82, 2.24) is 14.8 Å². The van der Waals surface area contributed by atoms with E-state index in [1.54, 1.807) is 24.3 Å². The summed E-state index contributed by atoms with van der Waals surface area (Å²) in [5, 5.41) is 4.10. The highest BCUT2D eigenvalue weighted by Crippen LogP contribution is 2.29. The molecule has 0 atom stereocenters. The van der Waals surface area contributed by atoms with Gasteiger partial charge in [0.15, 0.2) is 5.69 Å². The van der Waals surface area contributed by atoms with Crippen LogP contribution in [0, 0.1) is 0 Å². The molecule has 0 radical (unpaired) electrons. The van der Waals surface area contributed by atoms with Crippen LogP contribution in [0.15, 0.2) is 73.1 Å². The van der Waals surface area contributed by atoms with E-state index in [0.29, 0.717) is 5.02 Å². The predicted octanol–water partition coefficient (Wildman–Crippen LogP) is 5.73. The third-order valence-electron chi connectivity index (χ3n) is 5.37. The third kappa shape index (κ3) is 5.08. The topological polar surface area (TPSA) is 77.3 Å². The number of hydrogen-bond donors (Lipinski definition) is 0. The van der Waals surface area contributed by atoms with Crippen molar-refractivity contribution in [2.75, 3.05) is 19.1 Å². The average Bonchev–Trinajstić information content (AvgIpc) is 3.38. The molecule has 4 rings (SSSR count). The van der Waals surface area contributed by atoms with Crippen LogP contribution in [-0.4, -0.2) is 40.7 Å². The smallest absolute Gasteiger partial charge is 0.435 e. The molecule has 0 N–H and O–H groups in total. The lowest BCUT2D eigenvalue weighted by molar-refractivity contribution is -0.141. The second kappa shape index (κ2) is 9.82. The van der Waals surface area contributed by atoms with Crippen molar-refractivity contribution in [3.8, 4) is 5.69 Å². The Hall–Kier alpha value is -4.18. The van der Waals surface area contributed by atoms with E-state index in [0.717, 1.165) is 35.4 Å². The summed E-state index contributed by atoms with van der Waals surface area (Å²) >= 11 is 5.93. The Morgan fingerprint density at radius 2 is 1.69 bits per heavy atom. The van der Waals surface area contributed by atoms with E-state index >= 15 is 0 Å². The van der Waals surface area contributed by atoms with Gasteiger partial charge >= 0.3 is 12.1 Å². The molecule has 4 aromatic rings. The first-order valence-corrected chi connectivity index (χ1v) is 10.8. The molecule has 0 saturated carbocycles. The normalized spacial score (nSPS) is 11.3. The number of nitrogens with zero attached hydrogens (tertiary/aromatic N) is 4. The highest BCUT2D eigenvalue weighted by molar-refractivity contribution is 6.30. The van der Waals surface area contributed by atoms with E-state index in [4.69, 9.17) is 16.3 Å². The largest absolute Gasteiger partial charge is 0.465 e. The van der Waals surface area contributed by atoms with Crippen molar-refractivity contribution >= 4 is 34.7 Å². The van der Waals surface area contributed by atoms with Gasteiger partial charge < -0.3 is 9.64 Å². The van der Waals surface area contributed by atoms with Crippen molar-refractivity contribution in [1.29, 1.82) is 0 Å². The maximum absolute atomic E-state index is 13.1. The van der Waals surface area contributed by atoms with E-state index in [1.165, 1.54) is 24.4 Å². The number of rotatable bonds is 6. The number of carbonyl (C=O) groups excluding carboxylic acids is 2. The first-order chi connectivity index (χ1) is 17.1. The molecule has 2 heterocycles. The van der Waals surface area contributed by atoms with Crippen LogP contribution >= 0.6 is 11.6 Å². The first kappa shape index (κ1) is 24.9. The number of ether oxygens (including phenoxy) is 1. The number of aromatic nitrogens is 3. The van der Waals surface area contributed by atoms with Gasteiger partial charge in [-0.1, -0.05) is 11.6 Å². The van der Waals surface area contributed by atoms with Crippen molar-refractivity contribution in [3.63, 3.8) is 0 Å². The molecule has 0 amide bonds. The first-order valence-electron chi connectivity index (χ1n) is 10.4. The molecule has 0 saturated heterocycles. The maximum Gasteiger partial charge on any atom is 0.435 e. The summed E-state index contributed by atoms with van der Waals surface area (Å²) in [4.78, 5) is 31.6. The molecule has 2 aromatic heterocycles. The van der Waals surface area contributed by atoms with E-state index < -0.39 is 23.6 Å². The van der Waals surface area contributed by atoms with E-state index in [2.05, 4.69) is 10.1 Å². The second-order valence-corrected chi connectivity index (χ2v) is 8.07. The third-order valence-corrected chi connectivity index (χ3v) is 5.62. The lowest BCUT2D eigenvalue weighted by Crippen LogP contribution is -2.13. The summed E-state index contributed by atoms with van der Waals surface area (Å²) in [5.74, 6) is -1.32. The highest BCUT2D eigenvalue weighted by atomic mass is 35.5. The number of carbonyl (C=O) groups is 2. The van der Waals surface area contributed by atoms with Crippen molar-refractivity contribution in [3.05, 3.63) is 101 Å². The number of ketones is 1. The zero-order chi connectivity index (χ0) is 26.0. The van der Waals surface area contributed by atoms with Crippen molar-refractivity contribution in [2.24, 2.45) is 0 Å². The predicted molar refractivity (Wildman–Crippen MR) is 127 cm³/mol. The van der Waals surface area contributed by atoms with E-state index in [1.807, 2.05) is 24.1 Å². The zero-order valence-corrected chi connectivity index (χ0v) is 19.7. The Bertz CT molecular complexity index is 1420. The van der Waals surface area contributed by atoms with Gasteiger partial charge in [0.05, 0.1) is 30.2 Å². The molecule has 0 aliphatic heterocycles. The van der Waals surface area contributed by atoms with Gasteiger partial charge in [0.1, 0.15) is 5.69 Å². The molecule has 184 valence electrons. The van der Waals surface area contributed by atoms with Gasteiger partial charge in [-0.15, -0.1) is 0 Å². The summed E-state index contributed by atoms with van der Waals surface area (Å²) < 4.78 is 44.6. The molecule has 36 heavy (non-hydrogen) atoms. The van der Waals surface area contributed by atoms with Gasteiger partial charge in [0.2, 0.25) is 5.78 Å². The molecule has 0 aliphatic carbocycles. The number of esters is 1. The summed E-state index contributed by atoms with van der Waals surface area (Å²) in [7, 11) is 2.96. The average molecular weight is 515 g/mol. The number of halogens is 4. The van der Waals surface area contributed by atoms with Crippen LogP contribution in [0.5, 0.6) is 0 Å². The van der Waals surface area contributed by atoms with Gasteiger partial charge in [0, 0.05) is 29.5 Å². The molecule has 0 spiro atoms. The van der Waals surface area contributed by atoms with Crippen LogP contribution in [0.2, 0.25) is 5.02 Å².